The smallest absolute Gasteiger partial charge is 0.124 e. The second-order valence-electron chi connectivity index (χ2n) is 4.25. The molecule has 0 aromatic heterocycles. The van der Waals surface area contributed by atoms with Gasteiger partial charge in [0.25, 0.3) is 0 Å². The predicted octanol–water partition coefficient (Wildman–Crippen LogP) is 2.69. The van der Waals surface area contributed by atoms with E-state index in [0.717, 1.165) is 18.8 Å². The monoisotopic (exact) mass is 237 g/mol. The molecule has 0 spiro atoms. The third-order valence-electron chi connectivity index (χ3n) is 2.82. The molecule has 0 bridgehead atoms. The first-order valence-electron chi connectivity index (χ1n) is 6.08. The molecule has 0 radical (unpaired) electrons. The molecule has 0 aliphatic rings. The molecule has 0 heterocycles. The molecule has 17 heavy (non-hydrogen) atoms. The summed E-state index contributed by atoms with van der Waals surface area (Å²) in [6, 6.07) is 6.64. The van der Waals surface area contributed by atoms with Gasteiger partial charge in [-0.25, -0.2) is 0 Å². The Balaban J connectivity index is 2.69. The molecule has 1 atom stereocenters. The van der Waals surface area contributed by atoms with Gasteiger partial charge in [0.1, 0.15) is 5.75 Å². The quantitative estimate of drug-likeness (QED) is 0.740. The van der Waals surface area contributed by atoms with Crippen LogP contribution in [0, 0.1) is 6.92 Å². The number of ether oxygens (including phenoxy) is 2. The Labute approximate surface area is 104 Å². The molecule has 0 aliphatic heterocycles. The van der Waals surface area contributed by atoms with Crippen molar-refractivity contribution in [1.29, 1.82) is 0 Å². The number of benzene rings is 1. The summed E-state index contributed by atoms with van der Waals surface area (Å²) in [5, 5.41) is 3.24. The van der Waals surface area contributed by atoms with Crippen molar-refractivity contribution in [2.75, 3.05) is 27.4 Å². The topological polar surface area (TPSA) is 30.5 Å². The van der Waals surface area contributed by atoms with Crippen LogP contribution < -0.4 is 10.1 Å². The van der Waals surface area contributed by atoms with Gasteiger partial charge in [-0.3, -0.25) is 0 Å². The van der Waals surface area contributed by atoms with Gasteiger partial charge in [-0.05, 0) is 32.5 Å². The second-order valence-corrected chi connectivity index (χ2v) is 4.25. The molecule has 0 aliphatic carbocycles. The Kier molecular flexibility index (Phi) is 6.01. The standard InChI is InChI=1S/C14H23NO2/c1-11-6-7-13(12(2)15-3)14(10-11)17-9-5-8-16-4/h6-7,10,12,15H,5,8-9H2,1-4H3. The van der Waals surface area contributed by atoms with Crippen molar-refractivity contribution in [1.82, 2.24) is 5.32 Å². The average Bonchev–Trinajstić information content (AvgIpc) is 2.34. The number of hydrogen-bond donors (Lipinski definition) is 1. The maximum absolute atomic E-state index is 5.82. The maximum Gasteiger partial charge on any atom is 0.124 e. The van der Waals surface area contributed by atoms with Crippen LogP contribution in [0.25, 0.3) is 0 Å². The molecule has 3 nitrogen and oxygen atoms in total. The highest BCUT2D eigenvalue weighted by Crippen LogP contribution is 2.26. The molecule has 1 N–H and O–H groups in total. The van der Waals surface area contributed by atoms with Gasteiger partial charge < -0.3 is 14.8 Å². The highest BCUT2D eigenvalue weighted by molar-refractivity contribution is 5.39. The van der Waals surface area contributed by atoms with Gasteiger partial charge in [0.15, 0.2) is 0 Å². The molecule has 1 aromatic rings. The number of aryl methyl sites for hydroxylation is 1. The third kappa shape index (κ3) is 4.36. The van der Waals surface area contributed by atoms with Crippen LogP contribution in [0.3, 0.4) is 0 Å². The summed E-state index contributed by atoms with van der Waals surface area (Å²) >= 11 is 0. The number of methoxy groups -OCH3 is 1. The summed E-state index contributed by atoms with van der Waals surface area (Å²) in [4.78, 5) is 0. The fourth-order valence-electron chi connectivity index (χ4n) is 1.67. The van der Waals surface area contributed by atoms with E-state index in [1.807, 2.05) is 7.05 Å². The molecular formula is C14H23NO2. The molecule has 0 amide bonds. The lowest BCUT2D eigenvalue weighted by molar-refractivity contribution is 0.171. The summed E-state index contributed by atoms with van der Waals surface area (Å²) in [6.07, 6.45) is 0.915. The van der Waals surface area contributed by atoms with E-state index in [1.54, 1.807) is 7.11 Å². The second kappa shape index (κ2) is 7.30. The molecular weight excluding hydrogens is 214 g/mol. The zero-order chi connectivity index (χ0) is 12.7. The first-order valence-corrected chi connectivity index (χ1v) is 6.08. The Morgan fingerprint density at radius 1 is 1.29 bits per heavy atom. The van der Waals surface area contributed by atoms with Crippen LogP contribution in [0.1, 0.15) is 30.5 Å². The van der Waals surface area contributed by atoms with Crippen LogP contribution >= 0.6 is 0 Å². The lowest BCUT2D eigenvalue weighted by atomic mass is 10.1. The van der Waals surface area contributed by atoms with E-state index in [0.29, 0.717) is 12.6 Å². The molecule has 1 aromatic carbocycles. The zero-order valence-corrected chi connectivity index (χ0v) is 11.2. The van der Waals surface area contributed by atoms with Gasteiger partial charge in [0, 0.05) is 31.7 Å². The Morgan fingerprint density at radius 2 is 2.06 bits per heavy atom. The Morgan fingerprint density at radius 3 is 2.71 bits per heavy atom. The van der Waals surface area contributed by atoms with Crippen LogP contribution in [0.5, 0.6) is 5.75 Å². The van der Waals surface area contributed by atoms with E-state index in [9.17, 15) is 0 Å². The number of nitrogens with one attached hydrogen (secondary N) is 1. The zero-order valence-electron chi connectivity index (χ0n) is 11.2. The first kappa shape index (κ1) is 14.0. The summed E-state index contributed by atoms with van der Waals surface area (Å²) in [5.74, 6) is 0.975. The van der Waals surface area contributed by atoms with Gasteiger partial charge >= 0.3 is 0 Å². The maximum atomic E-state index is 5.82. The number of hydrogen-bond acceptors (Lipinski definition) is 3. The van der Waals surface area contributed by atoms with E-state index in [1.165, 1.54) is 11.1 Å². The summed E-state index contributed by atoms with van der Waals surface area (Å²) in [6.45, 7) is 5.64. The molecule has 0 saturated heterocycles. The van der Waals surface area contributed by atoms with Gasteiger partial charge in [-0.2, -0.15) is 0 Å². The van der Waals surface area contributed by atoms with Crippen LogP contribution in [-0.2, 0) is 4.74 Å². The van der Waals surface area contributed by atoms with E-state index in [2.05, 4.69) is 37.4 Å². The van der Waals surface area contributed by atoms with Crippen molar-refractivity contribution in [3.63, 3.8) is 0 Å². The SMILES string of the molecule is CNC(C)c1ccc(C)cc1OCCCOC. The third-order valence-corrected chi connectivity index (χ3v) is 2.82. The summed E-state index contributed by atoms with van der Waals surface area (Å²) in [5.41, 5.74) is 2.43. The Bertz CT molecular complexity index is 339. The highest BCUT2D eigenvalue weighted by Gasteiger charge is 2.09. The van der Waals surface area contributed by atoms with E-state index in [4.69, 9.17) is 9.47 Å². The van der Waals surface area contributed by atoms with Gasteiger partial charge in [-0.15, -0.1) is 0 Å². The van der Waals surface area contributed by atoms with E-state index >= 15 is 0 Å². The highest BCUT2D eigenvalue weighted by atomic mass is 16.5. The van der Waals surface area contributed by atoms with Crippen molar-refractivity contribution >= 4 is 0 Å². The summed E-state index contributed by atoms with van der Waals surface area (Å²) in [7, 11) is 3.67. The molecule has 0 saturated carbocycles. The molecule has 0 fully saturated rings. The van der Waals surface area contributed by atoms with E-state index in [-0.39, 0.29) is 0 Å². The molecule has 1 rings (SSSR count). The van der Waals surface area contributed by atoms with Crippen LogP contribution in [-0.4, -0.2) is 27.4 Å². The largest absolute Gasteiger partial charge is 0.493 e. The average molecular weight is 237 g/mol. The molecule has 96 valence electrons. The van der Waals surface area contributed by atoms with Gasteiger partial charge in [0.05, 0.1) is 6.61 Å². The van der Waals surface area contributed by atoms with Crippen LogP contribution in [0.4, 0.5) is 0 Å². The summed E-state index contributed by atoms with van der Waals surface area (Å²) < 4.78 is 10.8. The van der Waals surface area contributed by atoms with Gasteiger partial charge in [0.2, 0.25) is 0 Å². The van der Waals surface area contributed by atoms with Crippen molar-refractivity contribution in [3.8, 4) is 5.75 Å². The van der Waals surface area contributed by atoms with Crippen molar-refractivity contribution in [2.24, 2.45) is 0 Å². The minimum atomic E-state index is 0.299. The van der Waals surface area contributed by atoms with E-state index < -0.39 is 0 Å². The lowest BCUT2D eigenvalue weighted by Gasteiger charge is -2.17. The molecule has 3 heteroatoms. The van der Waals surface area contributed by atoms with Gasteiger partial charge in [-0.1, -0.05) is 12.1 Å². The van der Waals surface area contributed by atoms with Crippen molar-refractivity contribution in [3.05, 3.63) is 29.3 Å². The first-order chi connectivity index (χ1) is 8.19. The fourth-order valence-corrected chi connectivity index (χ4v) is 1.67. The fraction of sp³-hybridized carbons (Fsp3) is 0.571. The number of rotatable bonds is 7. The van der Waals surface area contributed by atoms with Crippen molar-refractivity contribution in [2.45, 2.75) is 26.3 Å². The van der Waals surface area contributed by atoms with Crippen molar-refractivity contribution < 1.29 is 9.47 Å². The van der Waals surface area contributed by atoms with Crippen LogP contribution in [0.2, 0.25) is 0 Å². The van der Waals surface area contributed by atoms with Crippen LogP contribution in [0.15, 0.2) is 18.2 Å². The normalized spacial score (nSPS) is 12.5. The minimum absolute atomic E-state index is 0.299. The minimum Gasteiger partial charge on any atom is -0.493 e. The predicted molar refractivity (Wildman–Crippen MR) is 70.6 cm³/mol. The lowest BCUT2D eigenvalue weighted by Crippen LogP contribution is -2.14. The Hall–Kier alpha value is -1.06. The molecule has 1 unspecified atom stereocenters.